The van der Waals surface area contributed by atoms with E-state index in [1.165, 1.54) is 0 Å². The molecule has 2 heterocycles. The van der Waals surface area contributed by atoms with Gasteiger partial charge in [0.1, 0.15) is 5.69 Å². The number of hydrogen-bond donors (Lipinski definition) is 2. The largest absolute Gasteiger partial charge is 0.462 e. The fourth-order valence-electron chi connectivity index (χ4n) is 3.45. The number of para-hydroxylation sites is 1. The predicted molar refractivity (Wildman–Crippen MR) is 107 cm³/mol. The van der Waals surface area contributed by atoms with Crippen LogP contribution in [0.4, 0.5) is 5.69 Å². The molecular formula is C21H27N3O4. The molecule has 1 saturated heterocycles. The third kappa shape index (κ3) is 4.43. The number of amides is 1. The number of benzene rings is 1. The summed E-state index contributed by atoms with van der Waals surface area (Å²) in [6, 6.07) is 7.77. The molecule has 150 valence electrons. The molecular weight excluding hydrogens is 358 g/mol. The van der Waals surface area contributed by atoms with Crippen molar-refractivity contribution < 1.29 is 19.1 Å². The maximum Gasteiger partial charge on any atom is 0.340 e. The summed E-state index contributed by atoms with van der Waals surface area (Å²) in [5.41, 5.74) is 3.84. The highest BCUT2D eigenvalue weighted by Crippen LogP contribution is 2.22. The number of aryl methyl sites for hydroxylation is 1. The standard InChI is InChI=1S/C21H27N3O4/c1-4-28-21(26)18-14(2)19(22-15(18)3)20(25)23-17-8-6-5-7-16(17)13-24-9-11-27-12-10-24/h5-8,22H,4,9-13H2,1-3H3,(H,23,25). The number of morpholine rings is 1. The highest BCUT2D eigenvalue weighted by atomic mass is 16.5. The second kappa shape index (κ2) is 9.03. The maximum atomic E-state index is 12.9. The van der Waals surface area contributed by atoms with Crippen LogP contribution in [0.25, 0.3) is 0 Å². The SMILES string of the molecule is CCOC(=O)c1c(C)[nH]c(C(=O)Nc2ccccc2CN2CCOCC2)c1C. The summed E-state index contributed by atoms with van der Waals surface area (Å²) >= 11 is 0. The van der Waals surface area contributed by atoms with E-state index in [4.69, 9.17) is 9.47 Å². The molecule has 3 rings (SSSR count). The van der Waals surface area contributed by atoms with E-state index in [1.54, 1.807) is 20.8 Å². The smallest absolute Gasteiger partial charge is 0.340 e. The number of carbonyl (C=O) groups is 2. The van der Waals surface area contributed by atoms with E-state index in [1.807, 2.05) is 24.3 Å². The zero-order valence-electron chi connectivity index (χ0n) is 16.6. The minimum absolute atomic E-state index is 0.273. The van der Waals surface area contributed by atoms with Crippen molar-refractivity contribution in [2.45, 2.75) is 27.3 Å². The van der Waals surface area contributed by atoms with Gasteiger partial charge in [-0.05, 0) is 38.0 Å². The molecule has 0 bridgehead atoms. The van der Waals surface area contributed by atoms with E-state index in [9.17, 15) is 9.59 Å². The Morgan fingerprint density at radius 2 is 1.93 bits per heavy atom. The van der Waals surface area contributed by atoms with E-state index in [0.717, 1.165) is 44.1 Å². The molecule has 0 unspecified atom stereocenters. The fourth-order valence-corrected chi connectivity index (χ4v) is 3.45. The molecule has 7 heteroatoms. The summed E-state index contributed by atoms with van der Waals surface area (Å²) < 4.78 is 10.5. The Balaban J connectivity index is 1.78. The van der Waals surface area contributed by atoms with Crippen LogP contribution in [0.15, 0.2) is 24.3 Å². The number of aromatic amines is 1. The van der Waals surface area contributed by atoms with E-state index in [2.05, 4.69) is 15.2 Å². The lowest BCUT2D eigenvalue weighted by Gasteiger charge is -2.27. The van der Waals surface area contributed by atoms with Gasteiger partial charge < -0.3 is 19.8 Å². The lowest BCUT2D eigenvalue weighted by atomic mass is 10.1. The van der Waals surface area contributed by atoms with Gasteiger partial charge in [-0.25, -0.2) is 4.79 Å². The number of ether oxygens (including phenoxy) is 2. The van der Waals surface area contributed by atoms with Crippen molar-refractivity contribution in [1.29, 1.82) is 0 Å². The molecule has 1 aromatic carbocycles. The molecule has 1 fully saturated rings. The molecule has 0 saturated carbocycles. The van der Waals surface area contributed by atoms with E-state index >= 15 is 0 Å². The summed E-state index contributed by atoms with van der Waals surface area (Å²) in [7, 11) is 0. The highest BCUT2D eigenvalue weighted by Gasteiger charge is 2.23. The molecule has 0 spiro atoms. The van der Waals surface area contributed by atoms with E-state index < -0.39 is 5.97 Å². The van der Waals surface area contributed by atoms with Gasteiger partial charge in [0.2, 0.25) is 0 Å². The average Bonchev–Trinajstić information content (AvgIpc) is 2.99. The molecule has 1 aliphatic rings. The van der Waals surface area contributed by atoms with E-state index in [0.29, 0.717) is 29.1 Å². The fraction of sp³-hybridized carbons (Fsp3) is 0.429. The van der Waals surface area contributed by atoms with Crippen LogP contribution in [0.1, 0.15) is 44.6 Å². The van der Waals surface area contributed by atoms with Gasteiger partial charge in [0.15, 0.2) is 0 Å². The molecule has 2 N–H and O–H groups in total. The van der Waals surface area contributed by atoms with Gasteiger partial charge in [-0.2, -0.15) is 0 Å². The van der Waals surface area contributed by atoms with Gasteiger partial charge in [0.05, 0.1) is 25.4 Å². The van der Waals surface area contributed by atoms with Crippen molar-refractivity contribution in [2.24, 2.45) is 0 Å². The Labute approximate surface area is 165 Å². The normalized spacial score (nSPS) is 14.7. The van der Waals surface area contributed by atoms with Crippen molar-refractivity contribution in [3.8, 4) is 0 Å². The summed E-state index contributed by atoms with van der Waals surface area (Å²) in [6.07, 6.45) is 0. The second-order valence-electron chi connectivity index (χ2n) is 6.85. The molecule has 0 aliphatic carbocycles. The zero-order chi connectivity index (χ0) is 20.1. The number of H-pyrrole nitrogens is 1. The number of rotatable bonds is 6. The van der Waals surface area contributed by atoms with Gasteiger partial charge in [-0.15, -0.1) is 0 Å². The summed E-state index contributed by atoms with van der Waals surface area (Å²) in [6.45, 7) is 9.52. The molecule has 0 atom stereocenters. The van der Waals surface area contributed by atoms with Crippen LogP contribution >= 0.6 is 0 Å². The summed E-state index contributed by atoms with van der Waals surface area (Å²) in [4.78, 5) is 30.4. The molecule has 2 aromatic rings. The van der Waals surface area contributed by atoms with Gasteiger partial charge in [-0.1, -0.05) is 18.2 Å². The Morgan fingerprint density at radius 3 is 2.64 bits per heavy atom. The van der Waals surface area contributed by atoms with Crippen LogP contribution in [0.5, 0.6) is 0 Å². The third-order valence-electron chi connectivity index (χ3n) is 4.91. The first kappa shape index (κ1) is 20.1. The molecule has 0 radical (unpaired) electrons. The number of nitrogens with zero attached hydrogens (tertiary/aromatic N) is 1. The lowest BCUT2D eigenvalue weighted by molar-refractivity contribution is 0.0342. The number of anilines is 1. The Bertz CT molecular complexity index is 853. The zero-order valence-corrected chi connectivity index (χ0v) is 16.6. The number of carbonyl (C=O) groups excluding carboxylic acids is 2. The molecule has 1 aliphatic heterocycles. The van der Waals surface area contributed by atoms with Crippen molar-refractivity contribution in [1.82, 2.24) is 9.88 Å². The second-order valence-corrected chi connectivity index (χ2v) is 6.85. The van der Waals surface area contributed by atoms with Crippen LogP contribution in [0.2, 0.25) is 0 Å². The minimum atomic E-state index is -0.416. The number of esters is 1. The van der Waals surface area contributed by atoms with Crippen LogP contribution in [-0.2, 0) is 16.0 Å². The highest BCUT2D eigenvalue weighted by molar-refractivity contribution is 6.07. The van der Waals surface area contributed by atoms with Crippen molar-refractivity contribution in [3.05, 3.63) is 52.3 Å². The topological polar surface area (TPSA) is 83.7 Å². The Hall–Kier alpha value is -2.64. The molecule has 1 amide bonds. The first-order chi connectivity index (χ1) is 13.5. The minimum Gasteiger partial charge on any atom is -0.462 e. The average molecular weight is 385 g/mol. The summed E-state index contributed by atoms with van der Waals surface area (Å²) in [5.74, 6) is -0.689. The van der Waals surface area contributed by atoms with Crippen LogP contribution in [0, 0.1) is 13.8 Å². The van der Waals surface area contributed by atoms with Crippen LogP contribution in [-0.4, -0.2) is 54.7 Å². The van der Waals surface area contributed by atoms with Gasteiger partial charge in [-0.3, -0.25) is 9.69 Å². The third-order valence-corrected chi connectivity index (χ3v) is 4.91. The Morgan fingerprint density at radius 1 is 1.21 bits per heavy atom. The number of hydrogen-bond acceptors (Lipinski definition) is 5. The van der Waals surface area contributed by atoms with Crippen molar-refractivity contribution >= 4 is 17.6 Å². The Kier molecular flexibility index (Phi) is 6.49. The first-order valence-electron chi connectivity index (χ1n) is 9.57. The quantitative estimate of drug-likeness (QED) is 0.747. The van der Waals surface area contributed by atoms with E-state index in [-0.39, 0.29) is 5.91 Å². The maximum absolute atomic E-state index is 12.9. The molecule has 28 heavy (non-hydrogen) atoms. The van der Waals surface area contributed by atoms with Crippen LogP contribution < -0.4 is 5.32 Å². The molecule has 7 nitrogen and oxygen atoms in total. The van der Waals surface area contributed by atoms with Crippen LogP contribution in [0.3, 0.4) is 0 Å². The van der Waals surface area contributed by atoms with Gasteiger partial charge >= 0.3 is 5.97 Å². The lowest BCUT2D eigenvalue weighted by Crippen LogP contribution is -2.35. The van der Waals surface area contributed by atoms with Gasteiger partial charge in [0.25, 0.3) is 5.91 Å². The first-order valence-corrected chi connectivity index (χ1v) is 9.57. The van der Waals surface area contributed by atoms with Crippen molar-refractivity contribution in [3.63, 3.8) is 0 Å². The summed E-state index contributed by atoms with van der Waals surface area (Å²) in [5, 5.41) is 2.99. The molecule has 1 aromatic heterocycles. The number of nitrogens with one attached hydrogen (secondary N) is 2. The monoisotopic (exact) mass is 385 g/mol. The predicted octanol–water partition coefficient (Wildman–Crippen LogP) is 2.89. The van der Waals surface area contributed by atoms with Gasteiger partial charge in [0, 0.05) is 31.0 Å². The number of aromatic nitrogens is 1. The van der Waals surface area contributed by atoms with Crippen molar-refractivity contribution in [2.75, 3.05) is 38.2 Å².